The molecule has 1 aliphatic rings. The van der Waals surface area contributed by atoms with Crippen molar-refractivity contribution in [3.8, 4) is 0 Å². The first-order valence-electron chi connectivity index (χ1n) is 8.98. The number of amidine groups is 1. The Hall–Kier alpha value is -1.68. The zero-order valence-electron chi connectivity index (χ0n) is 15.5. The van der Waals surface area contributed by atoms with Gasteiger partial charge in [0.2, 0.25) is 5.91 Å². The fourth-order valence-corrected chi connectivity index (χ4v) is 5.94. The fraction of sp³-hybridized carbons (Fsp3) is 0.200. The van der Waals surface area contributed by atoms with Crippen LogP contribution in [0.25, 0.3) is 10.2 Å². The Morgan fingerprint density at radius 2 is 2.00 bits per heavy atom. The molecule has 5 nitrogen and oxygen atoms in total. The molecule has 0 saturated heterocycles. The highest BCUT2D eigenvalue weighted by molar-refractivity contribution is 9.10. The van der Waals surface area contributed by atoms with Crippen molar-refractivity contribution in [2.45, 2.75) is 22.9 Å². The number of rotatable bonds is 5. The number of aromatic nitrogens is 1. The number of halogens is 1. The Kier molecular flexibility index (Phi) is 6.69. The van der Waals surface area contributed by atoms with Crippen LogP contribution in [0, 0.1) is 0 Å². The van der Waals surface area contributed by atoms with Gasteiger partial charge in [0.1, 0.15) is 0 Å². The lowest BCUT2D eigenvalue weighted by atomic mass is 10.1. The third-order valence-corrected chi connectivity index (χ3v) is 8.09. The van der Waals surface area contributed by atoms with E-state index in [9.17, 15) is 4.79 Å². The maximum atomic E-state index is 12.7. The number of nitrogens with zero attached hydrogens (tertiary/aromatic N) is 3. The number of carbonyl (C=O) groups excluding carboxylic acids is 1. The summed E-state index contributed by atoms with van der Waals surface area (Å²) in [4.78, 5) is 17.4. The van der Waals surface area contributed by atoms with Gasteiger partial charge in [-0.15, -0.1) is 16.4 Å². The topological polar surface area (TPSA) is 66.7 Å². The van der Waals surface area contributed by atoms with Gasteiger partial charge in [-0.25, -0.2) is 4.98 Å². The van der Waals surface area contributed by atoms with Gasteiger partial charge in [-0.2, -0.15) is 5.10 Å². The quantitative estimate of drug-likeness (QED) is 0.462. The molecular weight excluding hydrogens is 488 g/mol. The molecule has 0 aliphatic carbocycles. The van der Waals surface area contributed by atoms with Gasteiger partial charge in [-0.05, 0) is 36.2 Å². The molecule has 4 rings (SSSR count). The highest BCUT2D eigenvalue weighted by Crippen LogP contribution is 2.33. The van der Waals surface area contributed by atoms with E-state index in [2.05, 4.69) is 36.4 Å². The summed E-state index contributed by atoms with van der Waals surface area (Å²) in [6.45, 7) is 2.00. The van der Waals surface area contributed by atoms with Crippen molar-refractivity contribution in [3.05, 3.63) is 58.6 Å². The zero-order valence-corrected chi connectivity index (χ0v) is 19.5. The average Bonchev–Trinajstić information content (AvgIpc) is 3.16. The van der Waals surface area contributed by atoms with E-state index in [4.69, 9.17) is 0 Å². The van der Waals surface area contributed by atoms with Gasteiger partial charge < -0.3 is 5.32 Å². The minimum atomic E-state index is -0.226. The standard InChI is InChI=1S/C20H17BrN4OS3/c1-2-16(28-20-22-14-5-3-4-6-17(14)29-20)18(26)23-19-25-24-15(11-27-19)12-7-9-13(21)10-8-12/h3-10,16H,2,11H2,1H3,(H,23,25,26). The van der Waals surface area contributed by atoms with Gasteiger partial charge >= 0.3 is 0 Å². The van der Waals surface area contributed by atoms with E-state index in [1.807, 2.05) is 55.5 Å². The number of hydrogen-bond donors (Lipinski definition) is 1. The first-order valence-corrected chi connectivity index (χ1v) is 12.5. The van der Waals surface area contributed by atoms with Crippen LogP contribution in [-0.4, -0.2) is 32.8 Å². The summed E-state index contributed by atoms with van der Waals surface area (Å²) in [6.07, 6.45) is 0.706. The van der Waals surface area contributed by atoms with Crippen molar-refractivity contribution in [3.63, 3.8) is 0 Å². The van der Waals surface area contributed by atoms with E-state index in [1.54, 1.807) is 11.3 Å². The first kappa shape index (κ1) is 20.6. The van der Waals surface area contributed by atoms with Crippen LogP contribution in [-0.2, 0) is 4.79 Å². The molecule has 9 heteroatoms. The van der Waals surface area contributed by atoms with E-state index >= 15 is 0 Å². The van der Waals surface area contributed by atoms with Crippen LogP contribution in [0.1, 0.15) is 18.9 Å². The zero-order chi connectivity index (χ0) is 20.2. The molecule has 0 radical (unpaired) electrons. The molecular formula is C20H17BrN4OS3. The molecule has 148 valence electrons. The number of benzene rings is 2. The molecule has 0 spiro atoms. The van der Waals surface area contributed by atoms with E-state index in [0.717, 1.165) is 30.3 Å². The van der Waals surface area contributed by atoms with Crippen molar-refractivity contribution >= 4 is 77.8 Å². The second kappa shape index (κ2) is 9.42. The largest absolute Gasteiger partial charge is 0.303 e. The Labute approximate surface area is 189 Å². The van der Waals surface area contributed by atoms with Gasteiger partial charge in [0.15, 0.2) is 9.51 Å². The number of thioether (sulfide) groups is 2. The lowest BCUT2D eigenvalue weighted by Crippen LogP contribution is -2.36. The Balaban J connectivity index is 1.41. The fourth-order valence-electron chi connectivity index (χ4n) is 2.68. The van der Waals surface area contributed by atoms with E-state index in [-0.39, 0.29) is 11.2 Å². The molecule has 0 bridgehead atoms. The number of nitrogens with one attached hydrogen (secondary N) is 1. The Morgan fingerprint density at radius 3 is 2.69 bits per heavy atom. The molecule has 1 atom stereocenters. The van der Waals surface area contributed by atoms with Crippen LogP contribution in [0.4, 0.5) is 0 Å². The van der Waals surface area contributed by atoms with Crippen LogP contribution in [0.3, 0.4) is 0 Å². The lowest BCUT2D eigenvalue weighted by Gasteiger charge is -2.16. The van der Waals surface area contributed by atoms with Crippen LogP contribution in [0.15, 0.2) is 67.5 Å². The smallest absolute Gasteiger partial charge is 0.239 e. The summed E-state index contributed by atoms with van der Waals surface area (Å²) in [5, 5.41) is 11.7. The van der Waals surface area contributed by atoms with E-state index in [1.165, 1.54) is 23.5 Å². The summed E-state index contributed by atoms with van der Waals surface area (Å²) in [5.74, 6) is 0.605. The summed E-state index contributed by atoms with van der Waals surface area (Å²) < 4.78 is 3.06. The molecule has 2 aromatic carbocycles. The first-order chi connectivity index (χ1) is 14.1. The minimum Gasteiger partial charge on any atom is -0.303 e. The molecule has 3 aromatic rings. The van der Waals surface area contributed by atoms with Crippen LogP contribution in [0.2, 0.25) is 0 Å². The van der Waals surface area contributed by atoms with Crippen molar-refractivity contribution in [1.29, 1.82) is 0 Å². The molecule has 29 heavy (non-hydrogen) atoms. The minimum absolute atomic E-state index is 0.0645. The Bertz CT molecular complexity index is 1060. The molecule has 1 aliphatic heterocycles. The summed E-state index contributed by atoms with van der Waals surface area (Å²) in [7, 11) is 0. The maximum Gasteiger partial charge on any atom is 0.239 e. The van der Waals surface area contributed by atoms with Crippen LogP contribution >= 0.6 is 50.8 Å². The molecule has 1 amide bonds. The molecule has 2 heterocycles. The van der Waals surface area contributed by atoms with E-state index in [0.29, 0.717) is 17.3 Å². The number of fused-ring (bicyclic) bond motifs is 1. The molecule has 1 aromatic heterocycles. The number of hydrogen-bond acceptors (Lipinski definition) is 7. The molecule has 0 fully saturated rings. The van der Waals surface area contributed by atoms with Gasteiger partial charge in [-0.1, -0.05) is 70.6 Å². The number of amides is 1. The van der Waals surface area contributed by atoms with Crippen molar-refractivity contribution in [2.24, 2.45) is 10.2 Å². The monoisotopic (exact) mass is 504 g/mol. The van der Waals surface area contributed by atoms with Gasteiger partial charge in [0, 0.05) is 10.2 Å². The molecule has 1 unspecified atom stereocenters. The number of para-hydroxylation sites is 1. The summed E-state index contributed by atoms with van der Waals surface area (Å²) in [5.41, 5.74) is 2.90. The van der Waals surface area contributed by atoms with E-state index < -0.39 is 0 Å². The molecule has 1 N–H and O–H groups in total. The summed E-state index contributed by atoms with van der Waals surface area (Å²) in [6, 6.07) is 16.0. The predicted octanol–water partition coefficient (Wildman–Crippen LogP) is 5.55. The number of thiazole rings is 1. The molecule has 0 saturated carbocycles. The average molecular weight is 505 g/mol. The van der Waals surface area contributed by atoms with Gasteiger partial charge in [0.25, 0.3) is 0 Å². The highest BCUT2D eigenvalue weighted by atomic mass is 79.9. The normalized spacial score (nSPS) is 15.0. The highest BCUT2D eigenvalue weighted by Gasteiger charge is 2.23. The van der Waals surface area contributed by atoms with Crippen molar-refractivity contribution < 1.29 is 4.79 Å². The predicted molar refractivity (Wildman–Crippen MR) is 128 cm³/mol. The van der Waals surface area contributed by atoms with Crippen LogP contribution in [0.5, 0.6) is 0 Å². The Morgan fingerprint density at radius 1 is 1.21 bits per heavy atom. The van der Waals surface area contributed by atoms with Crippen molar-refractivity contribution in [1.82, 2.24) is 10.3 Å². The lowest BCUT2D eigenvalue weighted by molar-refractivity contribution is -0.119. The second-order valence-corrected chi connectivity index (χ2v) is 10.6. The van der Waals surface area contributed by atoms with Gasteiger partial charge in [0.05, 0.1) is 21.2 Å². The second-order valence-electron chi connectivity index (χ2n) is 6.20. The third-order valence-electron chi connectivity index (χ3n) is 4.20. The maximum absolute atomic E-state index is 12.7. The summed E-state index contributed by atoms with van der Waals surface area (Å²) >= 11 is 8.04. The van der Waals surface area contributed by atoms with Gasteiger partial charge in [-0.3, -0.25) is 4.79 Å². The third kappa shape index (κ3) is 5.09. The van der Waals surface area contributed by atoms with Crippen molar-refractivity contribution in [2.75, 3.05) is 5.75 Å². The SMILES string of the molecule is CCC(Sc1nc2ccccc2s1)C(=O)NC1=NN=C(c2ccc(Br)cc2)CS1. The number of carbonyl (C=O) groups is 1. The van der Waals surface area contributed by atoms with Crippen LogP contribution < -0.4 is 5.32 Å².